The van der Waals surface area contributed by atoms with Crippen LogP contribution in [-0.4, -0.2) is 57.5 Å². The van der Waals surface area contributed by atoms with Crippen molar-refractivity contribution < 1.29 is 5.02 Å². The Balaban J connectivity index is 1.59. The molecule has 0 aromatic carbocycles. The Hall–Kier alpha value is -0.495. The number of halogens is 1. The summed E-state index contributed by atoms with van der Waals surface area (Å²) in [6.45, 7) is 2.93. The molecule has 1 aromatic heterocycles. The first-order chi connectivity index (χ1) is 11.1. The third kappa shape index (κ3) is 2.97. The van der Waals surface area contributed by atoms with Gasteiger partial charge in [-0.1, -0.05) is 18.0 Å². The molecule has 1 aromatic rings. The number of rotatable bonds is 2. The van der Waals surface area contributed by atoms with E-state index < -0.39 is 0 Å². The summed E-state index contributed by atoms with van der Waals surface area (Å²) >= 11 is 7.82. The van der Waals surface area contributed by atoms with Gasteiger partial charge < -0.3 is 14.7 Å². The van der Waals surface area contributed by atoms with Gasteiger partial charge in [-0.3, -0.25) is 0 Å². The molecule has 124 valence electrons. The summed E-state index contributed by atoms with van der Waals surface area (Å²) in [6, 6.07) is 3.42. The number of hydrogen-bond acceptors (Lipinski definition) is 6. The summed E-state index contributed by atoms with van der Waals surface area (Å²) in [6.07, 6.45) is 5.89. The van der Waals surface area contributed by atoms with Crippen LogP contribution >= 0.6 is 23.4 Å². The van der Waals surface area contributed by atoms with E-state index in [2.05, 4.69) is 19.9 Å². The van der Waals surface area contributed by atoms with E-state index in [4.69, 9.17) is 11.6 Å². The summed E-state index contributed by atoms with van der Waals surface area (Å²) in [5.74, 6) is 2.07. The van der Waals surface area contributed by atoms with Crippen molar-refractivity contribution in [3.63, 3.8) is 0 Å². The lowest BCUT2D eigenvalue weighted by Crippen LogP contribution is -2.61. The first kappa shape index (κ1) is 16.0. The van der Waals surface area contributed by atoms with Gasteiger partial charge in [0.2, 0.25) is 0 Å². The minimum absolute atomic E-state index is 0.339. The molecule has 8 heteroatoms. The van der Waals surface area contributed by atoms with Crippen LogP contribution in [0.1, 0.15) is 32.1 Å². The number of nitrogens with zero attached hydrogens (tertiary/aromatic N) is 4. The summed E-state index contributed by atoms with van der Waals surface area (Å²) in [5.41, 5.74) is 0. The van der Waals surface area contributed by atoms with E-state index in [0.29, 0.717) is 23.3 Å². The molecule has 23 heavy (non-hydrogen) atoms. The number of hydrogen-bond donors (Lipinski definition) is 1. The first-order valence-electron chi connectivity index (χ1n) is 8.51. The molecule has 5 nitrogen and oxygen atoms in total. The number of aromatic nitrogens is 2. The molecule has 2 fully saturated rings. The average molecular weight is 353 g/mol. The fourth-order valence-electron chi connectivity index (χ4n) is 4.62. The van der Waals surface area contributed by atoms with Gasteiger partial charge in [0.05, 0.1) is 4.90 Å². The molecule has 3 aliphatic heterocycles. The predicted molar refractivity (Wildman–Crippen MR) is 95.2 cm³/mol. The maximum atomic E-state index is 10.1. The van der Waals surface area contributed by atoms with Crippen molar-refractivity contribution in [3.8, 4) is 0 Å². The van der Waals surface area contributed by atoms with Gasteiger partial charge in [-0.25, -0.2) is 0 Å². The molecule has 1 N–H and O–H groups in total. The van der Waals surface area contributed by atoms with Crippen molar-refractivity contribution in [1.29, 1.82) is 0 Å². The third-order valence-corrected chi connectivity index (χ3v) is 6.63. The number of anilines is 1. The Morgan fingerprint density at radius 1 is 1.26 bits per heavy atom. The van der Waals surface area contributed by atoms with E-state index in [0.717, 1.165) is 35.9 Å². The Morgan fingerprint density at radius 3 is 2.70 bits per heavy atom. The highest BCUT2D eigenvalue weighted by Gasteiger charge is 2.43. The molecule has 0 spiro atoms. The summed E-state index contributed by atoms with van der Waals surface area (Å²) in [4.78, 5) is 5.94. The van der Waals surface area contributed by atoms with Crippen LogP contribution in [0.25, 0.3) is 0 Å². The van der Waals surface area contributed by atoms with Crippen LogP contribution in [0.4, 0.5) is 5.82 Å². The minimum Gasteiger partial charge on any atom is -0.437 e. The van der Waals surface area contributed by atoms with Gasteiger partial charge in [0, 0.05) is 30.4 Å². The Morgan fingerprint density at radius 2 is 2.00 bits per heavy atom. The zero-order chi connectivity index (χ0) is 16.0. The molecule has 4 heterocycles. The zero-order valence-corrected chi connectivity index (χ0v) is 14.9. The van der Waals surface area contributed by atoms with Gasteiger partial charge in [-0.2, -0.15) is 0 Å². The fourth-order valence-corrected chi connectivity index (χ4v) is 5.82. The molecular formula is C15H22BClN4OS. The van der Waals surface area contributed by atoms with Crippen LogP contribution in [0.3, 0.4) is 0 Å². The van der Waals surface area contributed by atoms with Crippen molar-refractivity contribution in [2.75, 3.05) is 17.2 Å². The largest absolute Gasteiger partial charge is 0.437 e. The highest BCUT2D eigenvalue weighted by Crippen LogP contribution is 2.41. The normalized spacial score (nSPS) is 30.9. The van der Waals surface area contributed by atoms with Gasteiger partial charge in [-0.05, 0) is 38.6 Å². The number of piperidine rings is 2. The third-order valence-electron chi connectivity index (χ3n) is 5.45. The zero-order valence-electron chi connectivity index (χ0n) is 13.4. The smallest absolute Gasteiger partial charge is 0.376 e. The molecule has 0 saturated carbocycles. The monoisotopic (exact) mass is 352 g/mol. The molecule has 0 radical (unpaired) electrons. The van der Waals surface area contributed by atoms with Gasteiger partial charge in [0.25, 0.3) is 0 Å². The summed E-state index contributed by atoms with van der Waals surface area (Å²) < 4.78 is 0. The van der Waals surface area contributed by atoms with Gasteiger partial charge >= 0.3 is 7.05 Å². The lowest BCUT2D eigenvalue weighted by molar-refractivity contribution is 0.0896. The molecule has 2 saturated heterocycles. The van der Waals surface area contributed by atoms with E-state index in [-0.39, 0.29) is 7.05 Å². The molecule has 3 aliphatic rings. The van der Waals surface area contributed by atoms with Gasteiger partial charge in [-0.15, -0.1) is 22.0 Å². The summed E-state index contributed by atoms with van der Waals surface area (Å²) in [7, 11) is -0.339. The van der Waals surface area contributed by atoms with Gasteiger partial charge in [0.1, 0.15) is 0 Å². The lowest BCUT2D eigenvalue weighted by Gasteiger charge is -2.52. The second kappa shape index (κ2) is 6.43. The van der Waals surface area contributed by atoms with Crippen LogP contribution in [0, 0.1) is 0 Å². The molecule has 2 atom stereocenters. The maximum Gasteiger partial charge on any atom is 0.376 e. The maximum absolute atomic E-state index is 10.1. The second-order valence-corrected chi connectivity index (χ2v) is 8.36. The molecule has 0 amide bonds. The van der Waals surface area contributed by atoms with Crippen molar-refractivity contribution in [3.05, 3.63) is 11.2 Å². The quantitative estimate of drug-likeness (QED) is 0.826. The number of fused-ring (bicyclic) bond motifs is 3. The van der Waals surface area contributed by atoms with Crippen molar-refractivity contribution in [1.82, 2.24) is 15.0 Å². The predicted octanol–water partition coefficient (Wildman–Crippen LogP) is 2.54. The highest BCUT2D eigenvalue weighted by molar-refractivity contribution is 7.99. The summed E-state index contributed by atoms with van der Waals surface area (Å²) in [5, 5.41) is 19.1. The molecule has 2 bridgehead atoms. The van der Waals surface area contributed by atoms with Crippen molar-refractivity contribution >= 4 is 36.2 Å². The minimum atomic E-state index is -0.339. The van der Waals surface area contributed by atoms with Gasteiger partial charge in [0.15, 0.2) is 11.0 Å². The standard InChI is InChI=1S/C15H22BClN4OS/c1-16(22)21-10-3-2-4-11(21)8-12(7-10)20-5-6-23-13-9-14(17)18-19-15(13)20/h9-12,22H,2-8H2,1H3. The fraction of sp³-hybridized carbons (Fsp3) is 0.733. The Bertz CT molecular complexity index is 579. The van der Waals surface area contributed by atoms with Crippen LogP contribution in [0.5, 0.6) is 0 Å². The van der Waals surface area contributed by atoms with E-state index in [1.165, 1.54) is 19.3 Å². The van der Waals surface area contributed by atoms with Crippen LogP contribution < -0.4 is 4.90 Å². The molecular weight excluding hydrogens is 331 g/mol. The van der Waals surface area contributed by atoms with E-state index >= 15 is 0 Å². The van der Waals surface area contributed by atoms with Crippen LogP contribution in [0.15, 0.2) is 11.0 Å². The molecule has 2 unspecified atom stereocenters. The van der Waals surface area contributed by atoms with Crippen molar-refractivity contribution in [2.45, 2.75) is 61.9 Å². The van der Waals surface area contributed by atoms with E-state index in [1.54, 1.807) is 0 Å². The van der Waals surface area contributed by atoms with Crippen LogP contribution in [0.2, 0.25) is 12.0 Å². The first-order valence-corrected chi connectivity index (χ1v) is 9.88. The van der Waals surface area contributed by atoms with E-state index in [1.807, 2.05) is 24.7 Å². The Labute approximate surface area is 146 Å². The number of thioether (sulfide) groups is 1. The highest BCUT2D eigenvalue weighted by atomic mass is 35.5. The molecule has 4 rings (SSSR count). The molecule has 0 aliphatic carbocycles. The van der Waals surface area contributed by atoms with Crippen molar-refractivity contribution in [2.24, 2.45) is 0 Å². The second-order valence-electron chi connectivity index (χ2n) is 6.84. The SMILES string of the molecule is CB(O)N1C2CCCC1CC(N1CCSc3cc(Cl)nnc31)C2. The lowest BCUT2D eigenvalue weighted by atomic mass is 9.71. The Kier molecular flexibility index (Phi) is 4.47. The topological polar surface area (TPSA) is 52.5 Å². The average Bonchev–Trinajstić information content (AvgIpc) is 2.52. The van der Waals surface area contributed by atoms with Crippen LogP contribution in [-0.2, 0) is 0 Å². The van der Waals surface area contributed by atoms with E-state index in [9.17, 15) is 5.02 Å².